The number of pyridine rings is 1. The van der Waals surface area contributed by atoms with Gasteiger partial charge in [0.05, 0.1) is 12.7 Å². The molecule has 1 aromatic carbocycles. The number of hydrogen-bond donors (Lipinski definition) is 5. The summed E-state index contributed by atoms with van der Waals surface area (Å²) in [7, 11) is -16.4. The van der Waals surface area contributed by atoms with E-state index < -0.39 is 48.5 Å². The molecule has 17 heteroatoms. The molecule has 178 valence electrons. The van der Waals surface area contributed by atoms with E-state index in [2.05, 4.69) is 13.1 Å². The molecule has 0 radical (unpaired) electrons. The fourth-order valence-electron chi connectivity index (χ4n) is 3.12. The van der Waals surface area contributed by atoms with Gasteiger partial charge in [-0.1, -0.05) is 36.0 Å². The van der Waals surface area contributed by atoms with Crippen LogP contribution < -0.4 is 0 Å². The maximum Gasteiger partial charge on any atom is 0.490 e. The zero-order valence-electron chi connectivity index (χ0n) is 16.3. The van der Waals surface area contributed by atoms with Crippen LogP contribution in [-0.4, -0.2) is 48.1 Å². The van der Waals surface area contributed by atoms with E-state index in [0.717, 1.165) is 16.3 Å². The maximum atomic E-state index is 11.8. The summed E-state index contributed by atoms with van der Waals surface area (Å²) in [5.74, 6) is 0. The predicted molar refractivity (Wildman–Crippen MR) is 112 cm³/mol. The Balaban J connectivity index is 1.67. The lowest BCUT2D eigenvalue weighted by molar-refractivity contribution is -0.0438. The van der Waals surface area contributed by atoms with Gasteiger partial charge in [0, 0.05) is 18.0 Å². The van der Waals surface area contributed by atoms with Gasteiger partial charge in [0.25, 0.3) is 0 Å². The molecule has 1 aliphatic heterocycles. The summed E-state index contributed by atoms with van der Waals surface area (Å²) < 4.78 is 53.4. The van der Waals surface area contributed by atoms with Crippen LogP contribution in [0.5, 0.6) is 0 Å². The second-order valence-corrected chi connectivity index (χ2v) is 11.7. The molecule has 1 aromatic heterocycles. The monoisotopic (exact) mass is 531 g/mol. The zero-order chi connectivity index (χ0) is 23.9. The summed E-state index contributed by atoms with van der Waals surface area (Å²) in [5, 5.41) is 12.0. The van der Waals surface area contributed by atoms with Crippen molar-refractivity contribution < 1.29 is 56.3 Å². The van der Waals surface area contributed by atoms with E-state index in [-0.39, 0.29) is 6.42 Å². The van der Waals surface area contributed by atoms with Gasteiger partial charge in [0.15, 0.2) is 0 Å². The zero-order valence-corrected chi connectivity index (χ0v) is 19.8. The third kappa shape index (κ3) is 6.62. The highest BCUT2D eigenvalue weighted by Crippen LogP contribution is 2.66. The predicted octanol–water partition coefficient (Wildman–Crippen LogP) is 2.67. The lowest BCUT2D eigenvalue weighted by Gasteiger charge is -2.20. The van der Waals surface area contributed by atoms with Crippen LogP contribution in [0, 0.1) is 11.6 Å². The first-order valence-electron chi connectivity index (χ1n) is 8.89. The molecule has 2 aromatic rings. The number of benzene rings is 1. The largest absolute Gasteiger partial charge is 0.490 e. The normalized spacial score (nSPS) is 25.5. The molecule has 1 fully saturated rings. The molecule has 5 atom stereocenters. The Morgan fingerprint density at radius 2 is 1.81 bits per heavy atom. The molecule has 1 saturated heterocycles. The number of phosphoric acid groups is 3. The summed E-state index contributed by atoms with van der Waals surface area (Å²) in [5.41, 5.74) is 1.06. The molecule has 0 aliphatic carbocycles. The number of aliphatic hydroxyl groups is 1. The molecular formula is C15H20NO12P3S. The highest BCUT2D eigenvalue weighted by Gasteiger charge is 2.42. The van der Waals surface area contributed by atoms with Gasteiger partial charge in [0.2, 0.25) is 0 Å². The number of aliphatic hydroxyl groups excluding tert-OH is 1. The molecule has 2 unspecified atom stereocenters. The van der Waals surface area contributed by atoms with Crippen molar-refractivity contribution in [3.63, 3.8) is 0 Å². The van der Waals surface area contributed by atoms with Gasteiger partial charge < -0.3 is 34.0 Å². The van der Waals surface area contributed by atoms with Crippen LogP contribution in [0.2, 0.25) is 0 Å². The minimum absolute atomic E-state index is 0.0656. The molecule has 32 heavy (non-hydrogen) atoms. The highest BCUT2D eigenvalue weighted by atomic mass is 32.1. The molecule has 0 spiro atoms. The molecule has 2 heterocycles. The second-order valence-electron chi connectivity index (χ2n) is 6.94. The van der Waals surface area contributed by atoms with Gasteiger partial charge in [-0.25, -0.2) is 13.7 Å². The lowest BCUT2D eigenvalue weighted by Crippen LogP contribution is -2.26. The molecule has 0 bridgehead atoms. The fraction of sp³-hybridized carbons (Fsp3) is 0.400. The molecule has 0 saturated carbocycles. The third-order valence-electron chi connectivity index (χ3n) is 4.42. The molecule has 3 rings (SSSR count). The van der Waals surface area contributed by atoms with Gasteiger partial charge in [-0.2, -0.15) is 8.62 Å². The minimum atomic E-state index is -5.63. The number of aromatic nitrogens is 1. The van der Waals surface area contributed by atoms with E-state index in [9.17, 15) is 23.7 Å². The van der Waals surface area contributed by atoms with E-state index >= 15 is 0 Å². The van der Waals surface area contributed by atoms with Crippen molar-refractivity contribution in [1.29, 1.82) is 0 Å². The first-order chi connectivity index (χ1) is 14.7. The average Bonchev–Trinajstić information content (AvgIpc) is 2.97. The van der Waals surface area contributed by atoms with E-state index in [4.69, 9.17) is 31.6 Å². The van der Waals surface area contributed by atoms with Gasteiger partial charge >= 0.3 is 23.5 Å². The van der Waals surface area contributed by atoms with Crippen LogP contribution in [-0.2, 0) is 31.6 Å². The number of fused-ring (bicyclic) bond motifs is 1. The maximum absolute atomic E-state index is 11.8. The number of rotatable bonds is 8. The highest BCUT2D eigenvalue weighted by molar-refractivity contribution is 7.71. The summed E-state index contributed by atoms with van der Waals surface area (Å²) in [4.78, 5) is 35.8. The van der Waals surface area contributed by atoms with Crippen LogP contribution in [0.1, 0.15) is 18.2 Å². The van der Waals surface area contributed by atoms with Crippen LogP contribution in [0.3, 0.4) is 0 Å². The minimum Gasteiger partial charge on any atom is -0.390 e. The number of phosphoric ester groups is 1. The molecule has 0 amide bonds. The van der Waals surface area contributed by atoms with Crippen molar-refractivity contribution >= 4 is 46.5 Å². The summed E-state index contributed by atoms with van der Waals surface area (Å²) in [6, 6.07) is 7.55. The molecule has 1 aliphatic rings. The smallest absolute Gasteiger partial charge is 0.390 e. The Labute approximate surface area is 186 Å². The van der Waals surface area contributed by atoms with Crippen molar-refractivity contribution in [2.45, 2.75) is 31.8 Å². The van der Waals surface area contributed by atoms with Gasteiger partial charge in [-0.15, -0.1) is 0 Å². The Kier molecular flexibility index (Phi) is 7.61. The Hall–Kier alpha value is -0.820. The topological polar surface area (TPSA) is 194 Å². The first-order valence-corrected chi connectivity index (χ1v) is 13.8. The summed E-state index contributed by atoms with van der Waals surface area (Å²) >= 11 is 5.51. The number of ether oxygens (including phenoxy) is 1. The van der Waals surface area contributed by atoms with E-state index in [0.29, 0.717) is 4.64 Å². The molecular weight excluding hydrogens is 511 g/mol. The lowest BCUT2D eigenvalue weighted by atomic mass is 10.1. The summed E-state index contributed by atoms with van der Waals surface area (Å²) in [6.07, 6.45) is -1.26. The molecule has 13 nitrogen and oxygen atoms in total. The van der Waals surface area contributed by atoms with Crippen molar-refractivity contribution in [1.82, 2.24) is 4.57 Å². The van der Waals surface area contributed by atoms with E-state index in [1.807, 2.05) is 31.2 Å². The van der Waals surface area contributed by atoms with Gasteiger partial charge in [0.1, 0.15) is 17.0 Å². The van der Waals surface area contributed by atoms with Crippen molar-refractivity contribution in [3.05, 3.63) is 40.7 Å². The Morgan fingerprint density at radius 1 is 1.12 bits per heavy atom. The number of hydrogen-bond acceptors (Lipinski definition) is 9. The Morgan fingerprint density at radius 3 is 2.47 bits per heavy atom. The number of nitrogens with zero attached hydrogens (tertiary/aromatic N) is 1. The first kappa shape index (κ1) is 25.8. The third-order valence-corrected chi connectivity index (χ3v) is 8.65. The van der Waals surface area contributed by atoms with E-state index in [1.165, 1.54) is 0 Å². The quantitative estimate of drug-likeness (QED) is 0.247. The number of aryl methyl sites for hydroxylation is 1. The standard InChI is InChI=1S/C15H20NO12P3S/c1-9-2-3-11-10(6-9)4-5-16(15(11)32)14-7-12(17)13(26-14)8-25-30(21,22)28-31(23,24)27-29(18,19)20/h2-6,12-14,17H,7-8H2,1H3,(H,21,22)(H,23,24)(H2,18,19,20)/t12-,13-,14-/m1/s1. The van der Waals surface area contributed by atoms with Gasteiger partial charge in [-0.05, 0) is 18.4 Å². The summed E-state index contributed by atoms with van der Waals surface area (Å²) in [6.45, 7) is 1.20. The van der Waals surface area contributed by atoms with Crippen molar-refractivity contribution in [2.75, 3.05) is 6.61 Å². The molecule has 5 N–H and O–H groups in total. The average molecular weight is 531 g/mol. The van der Waals surface area contributed by atoms with E-state index in [1.54, 1.807) is 10.8 Å². The van der Waals surface area contributed by atoms with Gasteiger partial charge in [-0.3, -0.25) is 4.52 Å². The van der Waals surface area contributed by atoms with Crippen LogP contribution >= 0.6 is 35.7 Å². The van der Waals surface area contributed by atoms with Crippen LogP contribution in [0.25, 0.3) is 10.8 Å². The second kappa shape index (κ2) is 9.44. The fourth-order valence-corrected chi connectivity index (χ4v) is 6.51. The Bertz CT molecular complexity index is 1210. The van der Waals surface area contributed by atoms with Crippen LogP contribution in [0.15, 0.2) is 30.5 Å². The van der Waals surface area contributed by atoms with Crippen molar-refractivity contribution in [3.8, 4) is 0 Å². The van der Waals surface area contributed by atoms with Crippen molar-refractivity contribution in [2.24, 2.45) is 0 Å². The van der Waals surface area contributed by atoms with Crippen LogP contribution in [0.4, 0.5) is 0 Å². The SMILES string of the molecule is Cc1ccc2c(=S)n([C@H]3C[C@@H](O)[C@@H](COP(=O)(O)OP(=O)(O)OP(=O)(O)O)O3)ccc2c1.